The molecule has 0 aliphatic carbocycles. The summed E-state index contributed by atoms with van der Waals surface area (Å²) in [6.07, 6.45) is 1.30. The van der Waals surface area contributed by atoms with Gasteiger partial charge >= 0.3 is 0 Å². The Bertz CT molecular complexity index is 395. The van der Waals surface area contributed by atoms with E-state index < -0.39 is 0 Å². The van der Waals surface area contributed by atoms with Gasteiger partial charge in [-0.1, -0.05) is 36.7 Å². The molecule has 3 nitrogen and oxygen atoms in total. The van der Waals surface area contributed by atoms with Gasteiger partial charge in [-0.15, -0.1) is 0 Å². The third kappa shape index (κ3) is 4.31. The van der Waals surface area contributed by atoms with Crippen LogP contribution in [-0.4, -0.2) is 18.5 Å². The van der Waals surface area contributed by atoms with E-state index in [2.05, 4.69) is 5.32 Å². The van der Waals surface area contributed by atoms with E-state index in [1.165, 1.54) is 0 Å². The molecule has 1 aromatic rings. The number of hydrogen-bond donors (Lipinski definition) is 2. The van der Waals surface area contributed by atoms with Crippen LogP contribution >= 0.6 is 11.6 Å². The third-order valence-corrected chi connectivity index (χ3v) is 3.43. The van der Waals surface area contributed by atoms with Crippen molar-refractivity contribution in [1.29, 1.82) is 0 Å². The number of amides is 1. The largest absolute Gasteiger partial charge is 0.354 e. The molecule has 0 fully saturated rings. The summed E-state index contributed by atoms with van der Waals surface area (Å²) in [5, 5.41) is 3.62. The first-order chi connectivity index (χ1) is 8.58. The van der Waals surface area contributed by atoms with Crippen LogP contribution < -0.4 is 11.1 Å². The molecule has 18 heavy (non-hydrogen) atoms. The van der Waals surface area contributed by atoms with Crippen LogP contribution in [0.25, 0.3) is 0 Å². The number of benzene rings is 1. The maximum absolute atomic E-state index is 11.9. The minimum absolute atomic E-state index is 0.0252. The summed E-state index contributed by atoms with van der Waals surface area (Å²) in [6.45, 7) is 4.45. The molecule has 0 saturated carbocycles. The van der Waals surface area contributed by atoms with Gasteiger partial charge in [0.15, 0.2) is 0 Å². The second kappa shape index (κ2) is 7.39. The van der Waals surface area contributed by atoms with Gasteiger partial charge in [0, 0.05) is 23.4 Å². The van der Waals surface area contributed by atoms with E-state index in [-0.39, 0.29) is 17.9 Å². The fourth-order valence-corrected chi connectivity index (χ4v) is 2.08. The smallest absolute Gasteiger partial charge is 0.220 e. The maximum atomic E-state index is 11.9. The molecular weight excluding hydrogens is 248 g/mol. The molecule has 3 N–H and O–H groups in total. The first-order valence-electron chi connectivity index (χ1n) is 6.32. The summed E-state index contributed by atoms with van der Waals surface area (Å²) < 4.78 is 0. The van der Waals surface area contributed by atoms with Crippen LogP contribution in [0.4, 0.5) is 0 Å². The number of rotatable bonds is 6. The lowest BCUT2D eigenvalue weighted by atomic mass is 9.95. The van der Waals surface area contributed by atoms with E-state index in [1.54, 1.807) is 0 Å². The highest BCUT2D eigenvalue weighted by Gasteiger charge is 2.17. The van der Waals surface area contributed by atoms with Crippen LogP contribution in [-0.2, 0) is 4.79 Å². The van der Waals surface area contributed by atoms with E-state index in [9.17, 15) is 4.79 Å². The summed E-state index contributed by atoms with van der Waals surface area (Å²) in [7, 11) is 0. The molecule has 0 spiro atoms. The molecule has 4 heteroatoms. The van der Waals surface area contributed by atoms with Crippen LogP contribution in [0.2, 0.25) is 5.02 Å². The van der Waals surface area contributed by atoms with Crippen molar-refractivity contribution in [2.75, 3.05) is 6.54 Å². The van der Waals surface area contributed by atoms with Gasteiger partial charge in [0.1, 0.15) is 0 Å². The van der Waals surface area contributed by atoms with Gasteiger partial charge in [0.25, 0.3) is 0 Å². The zero-order valence-electron chi connectivity index (χ0n) is 10.9. The maximum Gasteiger partial charge on any atom is 0.220 e. The van der Waals surface area contributed by atoms with Gasteiger partial charge in [0.05, 0.1) is 0 Å². The van der Waals surface area contributed by atoms with Crippen LogP contribution in [0.15, 0.2) is 24.3 Å². The third-order valence-electron chi connectivity index (χ3n) is 3.08. The van der Waals surface area contributed by atoms with Crippen LogP contribution in [0, 0.1) is 0 Å². The fraction of sp³-hybridized carbons (Fsp3) is 0.500. The number of carbonyl (C=O) groups excluding carboxylic acids is 1. The van der Waals surface area contributed by atoms with E-state index in [0.29, 0.717) is 18.0 Å². The average Bonchev–Trinajstić information content (AvgIpc) is 2.36. The molecule has 0 aliphatic rings. The summed E-state index contributed by atoms with van der Waals surface area (Å²) in [4.78, 5) is 11.9. The monoisotopic (exact) mass is 268 g/mol. The lowest BCUT2D eigenvalue weighted by Gasteiger charge is -2.18. The van der Waals surface area contributed by atoms with Gasteiger partial charge < -0.3 is 11.1 Å². The van der Waals surface area contributed by atoms with Gasteiger partial charge in [-0.2, -0.15) is 0 Å². The molecule has 0 aliphatic heterocycles. The molecular formula is C14H21ClN2O. The lowest BCUT2D eigenvalue weighted by molar-refractivity contribution is -0.122. The lowest BCUT2D eigenvalue weighted by Crippen LogP contribution is -2.33. The van der Waals surface area contributed by atoms with Crippen LogP contribution in [0.1, 0.15) is 38.2 Å². The summed E-state index contributed by atoms with van der Waals surface area (Å²) in [5.41, 5.74) is 6.69. The highest BCUT2D eigenvalue weighted by Crippen LogP contribution is 2.26. The predicted octanol–water partition coefficient (Wildman–Crippen LogP) is 2.69. The highest BCUT2D eigenvalue weighted by molar-refractivity contribution is 6.31. The van der Waals surface area contributed by atoms with Gasteiger partial charge in [-0.25, -0.2) is 0 Å². The molecule has 0 radical (unpaired) electrons. The second-order valence-corrected chi connectivity index (χ2v) is 4.94. The molecule has 1 amide bonds. The van der Waals surface area contributed by atoms with E-state index in [0.717, 1.165) is 12.0 Å². The zero-order chi connectivity index (χ0) is 13.5. The Morgan fingerprint density at radius 1 is 1.44 bits per heavy atom. The summed E-state index contributed by atoms with van der Waals surface area (Å²) >= 11 is 6.13. The topological polar surface area (TPSA) is 55.1 Å². The van der Waals surface area contributed by atoms with E-state index in [1.807, 2.05) is 38.1 Å². The number of nitrogens with one attached hydrogen (secondary N) is 1. The molecule has 1 aromatic carbocycles. The molecule has 0 saturated heterocycles. The van der Waals surface area contributed by atoms with Gasteiger partial charge in [-0.3, -0.25) is 4.79 Å². The Morgan fingerprint density at radius 2 is 2.11 bits per heavy atom. The van der Waals surface area contributed by atoms with Crippen LogP contribution in [0.5, 0.6) is 0 Å². The Balaban J connectivity index is 2.68. The molecule has 2 atom stereocenters. The molecule has 0 bridgehead atoms. The number of hydrogen-bond acceptors (Lipinski definition) is 2. The SMILES string of the molecule is CCC(C)NC(=O)CC(CN)c1ccccc1Cl. The van der Waals surface area contributed by atoms with Gasteiger partial charge in [0.2, 0.25) is 5.91 Å². The minimum atomic E-state index is -0.0252. The number of nitrogens with two attached hydrogens (primary N) is 1. The molecule has 0 aromatic heterocycles. The Labute approximate surface area is 114 Å². The first kappa shape index (κ1) is 15.0. The quantitative estimate of drug-likeness (QED) is 0.833. The Kier molecular flexibility index (Phi) is 6.16. The van der Waals surface area contributed by atoms with E-state index in [4.69, 9.17) is 17.3 Å². The second-order valence-electron chi connectivity index (χ2n) is 4.54. The van der Waals surface area contributed by atoms with Crippen molar-refractivity contribution >= 4 is 17.5 Å². The first-order valence-corrected chi connectivity index (χ1v) is 6.70. The average molecular weight is 269 g/mol. The number of halogens is 1. The molecule has 0 heterocycles. The normalized spacial score (nSPS) is 14.0. The standard InChI is InChI=1S/C14H21ClN2O/c1-3-10(2)17-14(18)8-11(9-16)12-6-4-5-7-13(12)15/h4-7,10-11H,3,8-9,16H2,1-2H3,(H,17,18). The molecule has 100 valence electrons. The summed E-state index contributed by atoms with van der Waals surface area (Å²) in [6, 6.07) is 7.74. The molecule has 1 rings (SSSR count). The van der Waals surface area contributed by atoms with Crippen molar-refractivity contribution in [3.63, 3.8) is 0 Å². The minimum Gasteiger partial charge on any atom is -0.354 e. The van der Waals surface area contributed by atoms with E-state index >= 15 is 0 Å². The van der Waals surface area contributed by atoms with Gasteiger partial charge in [-0.05, 0) is 31.5 Å². The Hall–Kier alpha value is -1.06. The summed E-state index contributed by atoms with van der Waals surface area (Å²) in [5.74, 6) is 0.00229. The Morgan fingerprint density at radius 3 is 2.67 bits per heavy atom. The fourth-order valence-electron chi connectivity index (χ4n) is 1.79. The van der Waals surface area contributed by atoms with Crippen molar-refractivity contribution in [3.8, 4) is 0 Å². The van der Waals surface area contributed by atoms with Crippen molar-refractivity contribution in [2.45, 2.75) is 38.6 Å². The molecule has 2 unspecified atom stereocenters. The van der Waals surface area contributed by atoms with Crippen molar-refractivity contribution in [1.82, 2.24) is 5.32 Å². The van der Waals surface area contributed by atoms with Crippen molar-refractivity contribution in [2.24, 2.45) is 5.73 Å². The van der Waals surface area contributed by atoms with Crippen molar-refractivity contribution < 1.29 is 4.79 Å². The number of carbonyl (C=O) groups is 1. The highest BCUT2D eigenvalue weighted by atomic mass is 35.5. The van der Waals surface area contributed by atoms with Crippen LogP contribution in [0.3, 0.4) is 0 Å². The zero-order valence-corrected chi connectivity index (χ0v) is 11.7. The predicted molar refractivity (Wildman–Crippen MR) is 75.8 cm³/mol. The van der Waals surface area contributed by atoms with Crippen molar-refractivity contribution in [3.05, 3.63) is 34.9 Å².